The molecular formula is C12H17NO2S. The van der Waals surface area contributed by atoms with Crippen molar-refractivity contribution in [3.63, 3.8) is 0 Å². The lowest BCUT2D eigenvalue weighted by atomic mass is 10.0. The van der Waals surface area contributed by atoms with Crippen LogP contribution in [-0.4, -0.2) is 8.42 Å². The van der Waals surface area contributed by atoms with Crippen LogP contribution in [0.2, 0.25) is 0 Å². The third-order valence-electron chi connectivity index (χ3n) is 2.07. The molecule has 0 heterocycles. The maximum absolute atomic E-state index is 10.7. The van der Waals surface area contributed by atoms with Gasteiger partial charge in [-0.05, 0) is 29.5 Å². The normalized spacial score (nSPS) is 12.5. The standard InChI is InChI=1S/C12H17NO2S/c1-10(2)9-12-5-3-11(4-6-12)7-8-16(13,14)15/h3-8,10H,9H2,1-2H3,(H2,13,14,15). The summed E-state index contributed by atoms with van der Waals surface area (Å²) in [6.45, 7) is 4.32. The molecule has 0 bridgehead atoms. The zero-order valence-corrected chi connectivity index (χ0v) is 10.4. The van der Waals surface area contributed by atoms with Crippen LogP contribution in [0.15, 0.2) is 29.7 Å². The van der Waals surface area contributed by atoms with E-state index < -0.39 is 10.0 Å². The van der Waals surface area contributed by atoms with Crippen molar-refractivity contribution in [2.75, 3.05) is 0 Å². The highest BCUT2D eigenvalue weighted by Gasteiger charge is 1.98. The van der Waals surface area contributed by atoms with E-state index in [0.717, 1.165) is 17.4 Å². The first-order valence-corrected chi connectivity index (χ1v) is 6.77. The summed E-state index contributed by atoms with van der Waals surface area (Å²) in [5.41, 5.74) is 2.09. The first kappa shape index (κ1) is 12.9. The summed E-state index contributed by atoms with van der Waals surface area (Å²) in [6.07, 6.45) is 2.52. The predicted molar refractivity (Wildman–Crippen MR) is 67.1 cm³/mol. The summed E-state index contributed by atoms with van der Waals surface area (Å²) in [7, 11) is -3.53. The summed E-state index contributed by atoms with van der Waals surface area (Å²) in [5.74, 6) is 0.616. The second-order valence-corrected chi connectivity index (χ2v) is 5.68. The van der Waals surface area contributed by atoms with Crippen molar-refractivity contribution in [2.45, 2.75) is 20.3 Å². The van der Waals surface area contributed by atoms with Crippen molar-refractivity contribution in [1.29, 1.82) is 0 Å². The molecule has 16 heavy (non-hydrogen) atoms. The minimum Gasteiger partial charge on any atom is -0.225 e. The second kappa shape index (κ2) is 5.27. The van der Waals surface area contributed by atoms with Gasteiger partial charge >= 0.3 is 0 Å². The zero-order chi connectivity index (χ0) is 12.2. The van der Waals surface area contributed by atoms with E-state index in [9.17, 15) is 8.42 Å². The minimum atomic E-state index is -3.53. The lowest BCUT2D eigenvalue weighted by Crippen LogP contribution is -2.06. The Morgan fingerprint density at radius 1 is 1.25 bits per heavy atom. The molecular weight excluding hydrogens is 222 g/mol. The number of rotatable bonds is 4. The van der Waals surface area contributed by atoms with Crippen molar-refractivity contribution in [3.8, 4) is 0 Å². The number of primary sulfonamides is 1. The molecule has 0 amide bonds. The predicted octanol–water partition coefficient (Wildman–Crippen LogP) is 2.14. The van der Waals surface area contributed by atoms with Crippen molar-refractivity contribution >= 4 is 16.1 Å². The molecule has 0 fully saturated rings. The Bertz CT molecular complexity index is 458. The molecule has 4 heteroatoms. The third-order valence-corrected chi connectivity index (χ3v) is 2.59. The smallest absolute Gasteiger partial charge is 0.225 e. The summed E-state index contributed by atoms with van der Waals surface area (Å²) < 4.78 is 21.4. The van der Waals surface area contributed by atoms with E-state index in [1.165, 1.54) is 11.6 Å². The molecule has 0 aromatic heterocycles. The monoisotopic (exact) mass is 239 g/mol. The highest BCUT2D eigenvalue weighted by atomic mass is 32.2. The molecule has 1 aromatic rings. The molecule has 1 rings (SSSR count). The SMILES string of the molecule is CC(C)Cc1ccc(C=CS(N)(=O)=O)cc1. The van der Waals surface area contributed by atoms with Crippen LogP contribution in [-0.2, 0) is 16.4 Å². The van der Waals surface area contributed by atoms with Gasteiger partial charge in [0.15, 0.2) is 0 Å². The van der Waals surface area contributed by atoms with Crippen molar-refractivity contribution in [2.24, 2.45) is 11.1 Å². The van der Waals surface area contributed by atoms with Gasteiger partial charge in [0.2, 0.25) is 10.0 Å². The molecule has 0 spiro atoms. The Labute approximate surface area is 97.0 Å². The highest BCUT2D eigenvalue weighted by molar-refractivity contribution is 7.92. The molecule has 2 N–H and O–H groups in total. The van der Waals surface area contributed by atoms with Gasteiger partial charge in [-0.15, -0.1) is 0 Å². The fourth-order valence-electron chi connectivity index (χ4n) is 1.41. The van der Waals surface area contributed by atoms with Crippen LogP contribution >= 0.6 is 0 Å². The van der Waals surface area contributed by atoms with Crippen molar-refractivity contribution < 1.29 is 8.42 Å². The van der Waals surface area contributed by atoms with E-state index in [0.29, 0.717) is 5.92 Å². The summed E-state index contributed by atoms with van der Waals surface area (Å²) >= 11 is 0. The van der Waals surface area contributed by atoms with E-state index in [1.807, 2.05) is 24.3 Å². The average molecular weight is 239 g/mol. The van der Waals surface area contributed by atoms with Gasteiger partial charge in [0.25, 0.3) is 0 Å². The molecule has 0 unspecified atom stereocenters. The first-order valence-electron chi connectivity index (χ1n) is 5.16. The highest BCUT2D eigenvalue weighted by Crippen LogP contribution is 2.10. The maximum Gasteiger partial charge on any atom is 0.231 e. The van der Waals surface area contributed by atoms with Gasteiger partial charge in [-0.2, -0.15) is 0 Å². The summed E-state index contributed by atoms with van der Waals surface area (Å²) in [4.78, 5) is 0. The summed E-state index contributed by atoms with van der Waals surface area (Å²) in [5, 5.41) is 5.87. The molecule has 3 nitrogen and oxygen atoms in total. The second-order valence-electron chi connectivity index (χ2n) is 4.23. The van der Waals surface area contributed by atoms with Gasteiger partial charge in [-0.25, -0.2) is 13.6 Å². The van der Waals surface area contributed by atoms with Crippen LogP contribution in [0, 0.1) is 5.92 Å². The maximum atomic E-state index is 10.7. The molecule has 0 aliphatic heterocycles. The molecule has 0 atom stereocenters. The largest absolute Gasteiger partial charge is 0.231 e. The van der Waals surface area contributed by atoms with Gasteiger partial charge in [0.05, 0.1) is 0 Å². The van der Waals surface area contributed by atoms with Crippen LogP contribution in [0.4, 0.5) is 0 Å². The van der Waals surface area contributed by atoms with Crippen molar-refractivity contribution in [1.82, 2.24) is 0 Å². The number of benzene rings is 1. The number of hydrogen-bond donors (Lipinski definition) is 1. The average Bonchev–Trinajstić information content (AvgIpc) is 2.14. The van der Waals surface area contributed by atoms with Crippen LogP contribution in [0.1, 0.15) is 25.0 Å². The van der Waals surface area contributed by atoms with Gasteiger partial charge in [0.1, 0.15) is 0 Å². The number of hydrogen-bond acceptors (Lipinski definition) is 2. The quantitative estimate of drug-likeness (QED) is 0.875. The van der Waals surface area contributed by atoms with Gasteiger partial charge in [-0.1, -0.05) is 38.1 Å². The molecule has 0 aliphatic carbocycles. The lowest BCUT2D eigenvalue weighted by Gasteiger charge is -2.04. The molecule has 0 saturated carbocycles. The van der Waals surface area contributed by atoms with E-state index >= 15 is 0 Å². The minimum absolute atomic E-state index is 0.616. The van der Waals surface area contributed by atoms with Crippen LogP contribution in [0.3, 0.4) is 0 Å². The van der Waals surface area contributed by atoms with Crippen LogP contribution < -0.4 is 5.14 Å². The zero-order valence-electron chi connectivity index (χ0n) is 9.55. The van der Waals surface area contributed by atoms with E-state index in [1.54, 1.807) is 0 Å². The Morgan fingerprint density at radius 3 is 2.25 bits per heavy atom. The number of nitrogens with two attached hydrogens (primary N) is 1. The van der Waals surface area contributed by atoms with E-state index in [4.69, 9.17) is 5.14 Å². The molecule has 0 radical (unpaired) electrons. The Kier molecular flexibility index (Phi) is 4.26. The molecule has 0 aliphatic rings. The lowest BCUT2D eigenvalue weighted by molar-refractivity contribution is 0.606. The molecule has 88 valence electrons. The van der Waals surface area contributed by atoms with Crippen molar-refractivity contribution in [3.05, 3.63) is 40.8 Å². The van der Waals surface area contributed by atoms with Crippen LogP contribution in [0.25, 0.3) is 6.08 Å². The van der Waals surface area contributed by atoms with E-state index in [2.05, 4.69) is 13.8 Å². The fourth-order valence-corrected chi connectivity index (χ4v) is 1.76. The van der Waals surface area contributed by atoms with Gasteiger partial charge in [-0.3, -0.25) is 0 Å². The fraction of sp³-hybridized carbons (Fsp3) is 0.333. The molecule has 1 aromatic carbocycles. The van der Waals surface area contributed by atoms with Gasteiger partial charge in [0, 0.05) is 5.41 Å². The Balaban J connectivity index is 2.76. The number of sulfonamides is 1. The Morgan fingerprint density at radius 2 is 1.81 bits per heavy atom. The van der Waals surface area contributed by atoms with E-state index in [-0.39, 0.29) is 0 Å². The first-order chi connectivity index (χ1) is 7.37. The van der Waals surface area contributed by atoms with Crippen LogP contribution in [0.5, 0.6) is 0 Å². The summed E-state index contributed by atoms with van der Waals surface area (Å²) in [6, 6.07) is 7.78. The van der Waals surface area contributed by atoms with Gasteiger partial charge < -0.3 is 0 Å². The Hall–Kier alpha value is -1.13. The molecule has 0 saturated heterocycles. The topological polar surface area (TPSA) is 60.2 Å². The third kappa shape index (κ3) is 5.09.